The van der Waals surface area contributed by atoms with Crippen LogP contribution in [0.5, 0.6) is 0 Å². The summed E-state index contributed by atoms with van der Waals surface area (Å²) in [6.45, 7) is 8.89. The predicted molar refractivity (Wildman–Crippen MR) is 81.1 cm³/mol. The molecule has 0 aliphatic heterocycles. The van der Waals surface area contributed by atoms with Gasteiger partial charge < -0.3 is 5.73 Å². The lowest BCUT2D eigenvalue weighted by Gasteiger charge is -2.22. The number of thioether (sulfide) groups is 1. The highest BCUT2D eigenvalue weighted by molar-refractivity contribution is 8.00. The highest BCUT2D eigenvalue weighted by Crippen LogP contribution is 2.36. The molecule has 1 atom stereocenters. The zero-order chi connectivity index (χ0) is 12.2. The third-order valence-electron chi connectivity index (χ3n) is 2.33. The molecule has 0 aromatic heterocycles. The molecule has 0 amide bonds. The van der Waals surface area contributed by atoms with Crippen LogP contribution in [0.1, 0.15) is 52.1 Å². The van der Waals surface area contributed by atoms with Crippen LogP contribution in [-0.2, 0) is 0 Å². The van der Waals surface area contributed by atoms with E-state index < -0.39 is 0 Å². The fourth-order valence-electron chi connectivity index (χ4n) is 1.68. The van der Waals surface area contributed by atoms with Crippen LogP contribution in [0.3, 0.4) is 0 Å². The maximum absolute atomic E-state index is 6.21. The topological polar surface area (TPSA) is 26.0 Å². The summed E-state index contributed by atoms with van der Waals surface area (Å²) in [4.78, 5) is 1.33. The monoisotopic (exact) mass is 273 g/mol. The van der Waals surface area contributed by atoms with Crippen LogP contribution >= 0.6 is 24.2 Å². The zero-order valence-corrected chi connectivity index (χ0v) is 12.8. The average molecular weight is 274 g/mol. The Labute approximate surface area is 116 Å². The molecule has 0 saturated heterocycles. The van der Waals surface area contributed by atoms with Gasteiger partial charge in [-0.25, -0.2) is 0 Å². The first-order valence-corrected chi connectivity index (χ1v) is 6.79. The first kappa shape index (κ1) is 16.8. The lowest BCUT2D eigenvalue weighted by atomic mass is 10.0. The average Bonchev–Trinajstić information content (AvgIpc) is 2.16. The van der Waals surface area contributed by atoms with E-state index in [2.05, 4.69) is 52.0 Å². The van der Waals surface area contributed by atoms with Gasteiger partial charge in [-0.05, 0) is 18.1 Å². The number of nitrogens with two attached hydrogens (primary N) is 1. The molecule has 17 heavy (non-hydrogen) atoms. The molecule has 0 aliphatic rings. The van der Waals surface area contributed by atoms with Crippen LogP contribution < -0.4 is 5.73 Å². The molecule has 0 spiro atoms. The maximum atomic E-state index is 6.21. The highest BCUT2D eigenvalue weighted by atomic mass is 35.5. The van der Waals surface area contributed by atoms with Crippen molar-refractivity contribution in [3.8, 4) is 0 Å². The van der Waals surface area contributed by atoms with E-state index in [0.29, 0.717) is 0 Å². The lowest BCUT2D eigenvalue weighted by Crippen LogP contribution is -2.13. The molecule has 98 valence electrons. The van der Waals surface area contributed by atoms with Crippen LogP contribution in [0.15, 0.2) is 29.2 Å². The minimum Gasteiger partial charge on any atom is -0.324 e. The van der Waals surface area contributed by atoms with Crippen molar-refractivity contribution in [1.82, 2.24) is 0 Å². The zero-order valence-electron chi connectivity index (χ0n) is 11.2. The Kier molecular flexibility index (Phi) is 7.22. The molecule has 1 nitrogen and oxygen atoms in total. The molecule has 0 fully saturated rings. The van der Waals surface area contributed by atoms with E-state index in [1.807, 2.05) is 11.8 Å². The van der Waals surface area contributed by atoms with Crippen molar-refractivity contribution in [3.05, 3.63) is 29.8 Å². The van der Waals surface area contributed by atoms with Crippen LogP contribution in [0.4, 0.5) is 0 Å². The summed E-state index contributed by atoms with van der Waals surface area (Å²) in [7, 11) is 0. The number of rotatable bonds is 4. The van der Waals surface area contributed by atoms with E-state index in [-0.39, 0.29) is 23.2 Å². The van der Waals surface area contributed by atoms with Crippen molar-refractivity contribution in [2.75, 3.05) is 0 Å². The Hall–Kier alpha value is -0.180. The maximum Gasteiger partial charge on any atom is 0.0305 e. The minimum absolute atomic E-state index is 0. The van der Waals surface area contributed by atoms with Crippen molar-refractivity contribution in [3.63, 3.8) is 0 Å². The van der Waals surface area contributed by atoms with Crippen LogP contribution in [0, 0.1) is 0 Å². The first-order chi connectivity index (χ1) is 7.44. The molecule has 1 aromatic carbocycles. The van der Waals surface area contributed by atoms with Gasteiger partial charge >= 0.3 is 0 Å². The SMILES string of the molecule is CCC[C@H](N)c1ccccc1SC(C)(C)C.Cl. The molecule has 0 aliphatic carbocycles. The van der Waals surface area contributed by atoms with Gasteiger partial charge in [0.15, 0.2) is 0 Å². The third kappa shape index (κ3) is 5.80. The fraction of sp³-hybridized carbons (Fsp3) is 0.571. The molecule has 1 rings (SSSR count). The summed E-state index contributed by atoms with van der Waals surface area (Å²) in [5.41, 5.74) is 7.51. The molecule has 1 aromatic rings. The summed E-state index contributed by atoms with van der Waals surface area (Å²) in [6, 6.07) is 8.69. The molecule has 0 saturated carbocycles. The van der Waals surface area contributed by atoms with E-state index in [4.69, 9.17) is 5.73 Å². The Morgan fingerprint density at radius 1 is 1.24 bits per heavy atom. The molecule has 2 N–H and O–H groups in total. The molecule has 0 unspecified atom stereocenters. The normalized spacial score (nSPS) is 13.0. The molecule has 3 heteroatoms. The molecular formula is C14H24ClNS. The summed E-state index contributed by atoms with van der Waals surface area (Å²) in [6.07, 6.45) is 2.19. The second kappa shape index (κ2) is 7.30. The van der Waals surface area contributed by atoms with Crippen molar-refractivity contribution in [2.45, 2.75) is 56.2 Å². The summed E-state index contributed by atoms with van der Waals surface area (Å²) in [5, 5.41) is 0. The standard InChI is InChI=1S/C14H23NS.ClH/c1-5-8-12(15)11-9-6-7-10-13(11)16-14(2,3)4;/h6-7,9-10,12H,5,8,15H2,1-4H3;1H/t12-;/m0./s1. The second-order valence-electron chi connectivity index (χ2n) is 5.15. The Balaban J connectivity index is 0.00000256. The van der Waals surface area contributed by atoms with Gasteiger partial charge in [0.05, 0.1) is 0 Å². The number of hydrogen-bond acceptors (Lipinski definition) is 2. The van der Waals surface area contributed by atoms with Crippen molar-refractivity contribution >= 4 is 24.2 Å². The smallest absolute Gasteiger partial charge is 0.0305 e. The second-order valence-corrected chi connectivity index (χ2v) is 7.02. The predicted octanol–water partition coefficient (Wildman–Crippen LogP) is 4.80. The van der Waals surface area contributed by atoms with Crippen molar-refractivity contribution < 1.29 is 0 Å². The number of halogens is 1. The third-order valence-corrected chi connectivity index (χ3v) is 3.54. The van der Waals surface area contributed by atoms with E-state index in [1.165, 1.54) is 10.5 Å². The lowest BCUT2D eigenvalue weighted by molar-refractivity contribution is 0.628. The molecular weight excluding hydrogens is 250 g/mol. The summed E-state index contributed by atoms with van der Waals surface area (Å²) in [5.74, 6) is 0. The van der Waals surface area contributed by atoms with Crippen LogP contribution in [0.2, 0.25) is 0 Å². The highest BCUT2D eigenvalue weighted by Gasteiger charge is 2.16. The van der Waals surface area contributed by atoms with E-state index in [0.717, 1.165) is 12.8 Å². The van der Waals surface area contributed by atoms with E-state index >= 15 is 0 Å². The van der Waals surface area contributed by atoms with Crippen molar-refractivity contribution in [2.24, 2.45) is 5.73 Å². The number of benzene rings is 1. The Morgan fingerprint density at radius 3 is 2.35 bits per heavy atom. The molecule has 0 heterocycles. The largest absolute Gasteiger partial charge is 0.324 e. The van der Waals surface area contributed by atoms with Gasteiger partial charge in [-0.2, -0.15) is 0 Å². The van der Waals surface area contributed by atoms with Gasteiger partial charge in [0.1, 0.15) is 0 Å². The molecule has 0 bridgehead atoms. The Morgan fingerprint density at radius 2 is 1.82 bits per heavy atom. The number of hydrogen-bond donors (Lipinski definition) is 1. The van der Waals surface area contributed by atoms with Crippen LogP contribution in [0.25, 0.3) is 0 Å². The summed E-state index contributed by atoms with van der Waals surface area (Å²) < 4.78 is 0.238. The van der Waals surface area contributed by atoms with Crippen molar-refractivity contribution in [1.29, 1.82) is 0 Å². The first-order valence-electron chi connectivity index (χ1n) is 5.97. The summed E-state index contributed by atoms with van der Waals surface area (Å²) >= 11 is 1.90. The Bertz CT molecular complexity index is 333. The van der Waals surface area contributed by atoms with E-state index in [1.54, 1.807) is 0 Å². The minimum atomic E-state index is 0. The molecule has 0 radical (unpaired) electrons. The van der Waals surface area contributed by atoms with Gasteiger partial charge in [-0.15, -0.1) is 24.2 Å². The van der Waals surface area contributed by atoms with Gasteiger partial charge in [-0.3, -0.25) is 0 Å². The quantitative estimate of drug-likeness (QED) is 0.798. The van der Waals surface area contributed by atoms with Gasteiger partial charge in [0.2, 0.25) is 0 Å². The van der Waals surface area contributed by atoms with Crippen LogP contribution in [-0.4, -0.2) is 4.75 Å². The van der Waals surface area contributed by atoms with Gasteiger partial charge in [0, 0.05) is 15.7 Å². The van der Waals surface area contributed by atoms with E-state index in [9.17, 15) is 0 Å². The fourth-order valence-corrected chi connectivity index (χ4v) is 2.82. The van der Waals surface area contributed by atoms with Gasteiger partial charge in [0.25, 0.3) is 0 Å². The van der Waals surface area contributed by atoms with Gasteiger partial charge in [-0.1, -0.05) is 52.3 Å².